The first-order chi connectivity index (χ1) is 8.65. The minimum absolute atomic E-state index is 0.154. The third-order valence-electron chi connectivity index (χ3n) is 3.48. The number of hydrogen-bond donors (Lipinski definition) is 2. The number of halogens is 2. The van der Waals surface area contributed by atoms with Crippen molar-refractivity contribution in [2.24, 2.45) is 0 Å². The van der Waals surface area contributed by atoms with Crippen molar-refractivity contribution >= 4 is 23.4 Å². The van der Waals surface area contributed by atoms with Crippen LogP contribution in [0.25, 0.3) is 0 Å². The highest BCUT2D eigenvalue weighted by molar-refractivity contribution is 7.99. The zero-order valence-corrected chi connectivity index (χ0v) is 11.8. The molecule has 1 aromatic rings. The third-order valence-corrected chi connectivity index (χ3v) is 4.89. The van der Waals surface area contributed by atoms with Gasteiger partial charge in [-0.05, 0) is 30.7 Å². The monoisotopic (exact) mass is 289 g/mol. The van der Waals surface area contributed by atoms with Crippen molar-refractivity contribution in [1.29, 1.82) is 0 Å². The van der Waals surface area contributed by atoms with Crippen molar-refractivity contribution < 1.29 is 9.50 Å². The number of thioether (sulfide) groups is 1. The number of nitrogens with one attached hydrogen (secondary N) is 1. The second-order valence-corrected chi connectivity index (χ2v) is 5.92. The summed E-state index contributed by atoms with van der Waals surface area (Å²) in [6, 6.07) is 5.17. The molecule has 0 saturated carbocycles. The van der Waals surface area contributed by atoms with Crippen LogP contribution in [-0.2, 0) is 12.0 Å². The molecule has 0 saturated heterocycles. The molecule has 18 heavy (non-hydrogen) atoms. The molecular formula is C13H17ClFNOS. The van der Waals surface area contributed by atoms with E-state index < -0.39 is 18.3 Å². The van der Waals surface area contributed by atoms with Crippen LogP contribution in [-0.4, -0.2) is 36.5 Å². The van der Waals surface area contributed by atoms with Crippen LogP contribution in [0.15, 0.2) is 23.1 Å². The number of benzene rings is 1. The Balaban J connectivity index is 2.37. The Morgan fingerprint density at radius 2 is 2.39 bits per heavy atom. The number of likely N-dealkylation sites (N-methyl/N-ethyl adjacent to an activating group) is 1. The highest BCUT2D eigenvalue weighted by Gasteiger charge is 2.38. The molecule has 2 N–H and O–H groups in total. The molecule has 1 aromatic carbocycles. The first-order valence-electron chi connectivity index (χ1n) is 5.93. The number of aliphatic hydroxyl groups is 1. The predicted molar refractivity (Wildman–Crippen MR) is 74.3 cm³/mol. The van der Waals surface area contributed by atoms with E-state index in [0.29, 0.717) is 5.56 Å². The van der Waals surface area contributed by atoms with Gasteiger partial charge in [-0.25, -0.2) is 4.39 Å². The fourth-order valence-electron chi connectivity index (χ4n) is 2.25. The van der Waals surface area contributed by atoms with Crippen LogP contribution in [0.1, 0.15) is 11.1 Å². The summed E-state index contributed by atoms with van der Waals surface area (Å²) in [6.45, 7) is -0.852. The smallest absolute Gasteiger partial charge is 0.134 e. The SMILES string of the molecule is CNC(CCl)C(O)(CF)c1ccc2c(c1)SCC2. The maximum Gasteiger partial charge on any atom is 0.134 e. The van der Waals surface area contributed by atoms with E-state index >= 15 is 0 Å². The summed E-state index contributed by atoms with van der Waals surface area (Å²) in [7, 11) is 1.68. The molecule has 0 radical (unpaired) electrons. The fraction of sp³-hybridized carbons (Fsp3) is 0.538. The first-order valence-corrected chi connectivity index (χ1v) is 7.45. The van der Waals surface area contributed by atoms with Crippen LogP contribution in [0.3, 0.4) is 0 Å². The minimum atomic E-state index is -1.56. The molecule has 100 valence electrons. The van der Waals surface area contributed by atoms with Crippen molar-refractivity contribution in [3.8, 4) is 0 Å². The summed E-state index contributed by atoms with van der Waals surface area (Å²) in [5.41, 5.74) is 0.310. The van der Waals surface area contributed by atoms with E-state index in [1.54, 1.807) is 24.9 Å². The van der Waals surface area contributed by atoms with Crippen LogP contribution in [0.2, 0.25) is 0 Å². The Hall–Kier alpha value is -0.290. The molecule has 0 aliphatic carbocycles. The van der Waals surface area contributed by atoms with Gasteiger partial charge in [-0.2, -0.15) is 0 Å². The molecule has 0 aromatic heterocycles. The maximum absolute atomic E-state index is 13.3. The Labute approximate surface area is 116 Å². The minimum Gasteiger partial charge on any atom is -0.381 e. The Morgan fingerprint density at radius 1 is 1.61 bits per heavy atom. The second-order valence-electron chi connectivity index (χ2n) is 4.47. The topological polar surface area (TPSA) is 32.3 Å². The van der Waals surface area contributed by atoms with Gasteiger partial charge in [0.05, 0.1) is 6.04 Å². The van der Waals surface area contributed by atoms with Gasteiger partial charge in [-0.3, -0.25) is 0 Å². The van der Waals surface area contributed by atoms with E-state index in [-0.39, 0.29) is 5.88 Å². The lowest BCUT2D eigenvalue weighted by Gasteiger charge is -2.33. The summed E-state index contributed by atoms with van der Waals surface area (Å²) in [4.78, 5) is 1.14. The summed E-state index contributed by atoms with van der Waals surface area (Å²) in [5.74, 6) is 1.21. The molecule has 0 fully saturated rings. The van der Waals surface area contributed by atoms with E-state index in [1.165, 1.54) is 5.56 Å². The largest absolute Gasteiger partial charge is 0.381 e. The summed E-state index contributed by atoms with van der Waals surface area (Å²) < 4.78 is 13.3. The molecule has 1 aliphatic rings. The van der Waals surface area contributed by atoms with Crippen molar-refractivity contribution in [2.45, 2.75) is 23.0 Å². The number of alkyl halides is 2. The Morgan fingerprint density at radius 3 is 3.00 bits per heavy atom. The van der Waals surface area contributed by atoms with Gasteiger partial charge in [-0.1, -0.05) is 12.1 Å². The average Bonchev–Trinajstić information content (AvgIpc) is 2.86. The molecule has 0 bridgehead atoms. The van der Waals surface area contributed by atoms with Gasteiger partial charge >= 0.3 is 0 Å². The number of rotatable bonds is 5. The highest BCUT2D eigenvalue weighted by atomic mass is 35.5. The normalized spacial score (nSPS) is 19.3. The third kappa shape index (κ3) is 2.39. The molecule has 2 nitrogen and oxygen atoms in total. The van der Waals surface area contributed by atoms with Gasteiger partial charge in [0.25, 0.3) is 0 Å². The van der Waals surface area contributed by atoms with Crippen LogP contribution < -0.4 is 5.32 Å². The van der Waals surface area contributed by atoms with E-state index in [0.717, 1.165) is 17.1 Å². The van der Waals surface area contributed by atoms with Gasteiger partial charge in [0, 0.05) is 16.5 Å². The Bertz CT molecular complexity index is 427. The van der Waals surface area contributed by atoms with Crippen molar-refractivity contribution in [3.05, 3.63) is 29.3 Å². The first kappa shape index (κ1) is 14.1. The molecule has 2 rings (SSSR count). The summed E-state index contributed by atoms with van der Waals surface area (Å²) in [6.07, 6.45) is 1.04. The molecule has 1 aliphatic heterocycles. The van der Waals surface area contributed by atoms with Crippen molar-refractivity contribution in [1.82, 2.24) is 5.32 Å². The van der Waals surface area contributed by atoms with Gasteiger partial charge in [0.15, 0.2) is 0 Å². The van der Waals surface area contributed by atoms with Crippen LogP contribution in [0.4, 0.5) is 4.39 Å². The molecule has 5 heteroatoms. The standard InChI is InChI=1S/C13H17ClFNOS/c1-16-12(7-14)13(17,8-15)10-3-2-9-4-5-18-11(9)6-10/h2-3,6,12,16-17H,4-5,7-8H2,1H3. The second kappa shape index (κ2) is 5.78. The molecule has 2 atom stereocenters. The quantitative estimate of drug-likeness (QED) is 0.816. The molecule has 2 unspecified atom stereocenters. The molecule has 0 amide bonds. The van der Waals surface area contributed by atoms with Crippen LogP contribution >= 0.6 is 23.4 Å². The lowest BCUT2D eigenvalue weighted by atomic mass is 9.87. The summed E-state index contributed by atoms with van der Waals surface area (Å²) in [5, 5.41) is 13.4. The van der Waals surface area contributed by atoms with Crippen molar-refractivity contribution in [3.63, 3.8) is 0 Å². The van der Waals surface area contributed by atoms with Gasteiger partial charge in [-0.15, -0.1) is 23.4 Å². The van der Waals surface area contributed by atoms with E-state index in [1.807, 2.05) is 12.1 Å². The van der Waals surface area contributed by atoms with Gasteiger partial charge < -0.3 is 10.4 Å². The number of fused-ring (bicyclic) bond motifs is 1. The highest BCUT2D eigenvalue weighted by Crippen LogP contribution is 2.36. The molecular weight excluding hydrogens is 273 g/mol. The fourth-order valence-corrected chi connectivity index (χ4v) is 3.77. The van der Waals surface area contributed by atoms with Gasteiger partial charge in [0.1, 0.15) is 12.3 Å². The zero-order chi connectivity index (χ0) is 13.2. The maximum atomic E-state index is 13.3. The lowest BCUT2D eigenvalue weighted by molar-refractivity contribution is -0.0165. The average molecular weight is 290 g/mol. The lowest BCUT2D eigenvalue weighted by Crippen LogP contribution is -2.50. The zero-order valence-electron chi connectivity index (χ0n) is 10.2. The van der Waals surface area contributed by atoms with Crippen LogP contribution in [0.5, 0.6) is 0 Å². The van der Waals surface area contributed by atoms with Crippen LogP contribution in [0, 0.1) is 0 Å². The number of aryl methyl sites for hydroxylation is 1. The molecule has 1 heterocycles. The predicted octanol–water partition coefficient (Wildman–Crippen LogP) is 2.32. The number of hydrogen-bond acceptors (Lipinski definition) is 3. The van der Waals surface area contributed by atoms with Gasteiger partial charge in [0.2, 0.25) is 0 Å². The van der Waals surface area contributed by atoms with E-state index in [4.69, 9.17) is 11.6 Å². The van der Waals surface area contributed by atoms with Crippen molar-refractivity contribution in [2.75, 3.05) is 25.4 Å². The van der Waals surface area contributed by atoms with E-state index in [2.05, 4.69) is 5.32 Å². The molecule has 0 spiro atoms. The Kier molecular flexibility index (Phi) is 4.54. The summed E-state index contributed by atoms with van der Waals surface area (Å²) >= 11 is 7.55. The van der Waals surface area contributed by atoms with E-state index in [9.17, 15) is 9.50 Å².